The predicted molar refractivity (Wildman–Crippen MR) is 117 cm³/mol. The van der Waals surface area contributed by atoms with Gasteiger partial charge in [0, 0.05) is 17.8 Å². The Kier molecular flexibility index (Phi) is 6.62. The van der Waals surface area contributed by atoms with Crippen molar-refractivity contribution in [2.75, 3.05) is 4.90 Å². The topological polar surface area (TPSA) is 88.1 Å². The minimum atomic E-state index is -0.943. The molecule has 1 N–H and O–H groups in total. The lowest BCUT2D eigenvalue weighted by Gasteiger charge is -2.32. The van der Waals surface area contributed by atoms with Crippen molar-refractivity contribution in [1.29, 1.82) is 0 Å². The summed E-state index contributed by atoms with van der Waals surface area (Å²) in [4.78, 5) is 41.2. The lowest BCUT2D eigenvalue weighted by atomic mass is 9.95. The quantitative estimate of drug-likeness (QED) is 0.663. The van der Waals surface area contributed by atoms with Crippen molar-refractivity contribution in [3.05, 3.63) is 84.7 Å². The molecule has 1 aromatic carbocycles. The van der Waals surface area contributed by atoms with Crippen LogP contribution in [0, 0.1) is 0 Å². The number of anilines is 1. The van der Waals surface area contributed by atoms with Crippen LogP contribution in [0.3, 0.4) is 0 Å². The average molecular weight is 415 g/mol. The third-order valence-electron chi connectivity index (χ3n) is 5.49. The maximum atomic E-state index is 13.6. The Hall–Kier alpha value is -3.61. The minimum Gasteiger partial charge on any atom is -0.351 e. The third-order valence-corrected chi connectivity index (χ3v) is 5.49. The zero-order valence-electron chi connectivity index (χ0n) is 17.2. The van der Waals surface area contributed by atoms with Crippen molar-refractivity contribution in [3.63, 3.8) is 0 Å². The Labute approximate surface area is 181 Å². The number of benzene rings is 1. The van der Waals surface area contributed by atoms with Crippen molar-refractivity contribution in [3.8, 4) is 0 Å². The van der Waals surface area contributed by atoms with Crippen LogP contribution >= 0.6 is 0 Å². The standard InChI is InChI=1S/C24H25N5O2/c30-23(28-19-11-5-2-6-12-19)22(21-13-7-8-14-27-21)29(20-15-25-17-26-16-20)24(31)18-9-3-1-4-10-18/h1,3-4,7-10,13-17,19,22H,2,5-6,11-12H2,(H,28,30). The van der Waals surface area contributed by atoms with E-state index in [4.69, 9.17) is 0 Å². The van der Waals surface area contributed by atoms with E-state index in [1.54, 1.807) is 42.6 Å². The molecule has 7 heteroatoms. The van der Waals surface area contributed by atoms with Crippen molar-refractivity contribution in [2.24, 2.45) is 0 Å². The van der Waals surface area contributed by atoms with Gasteiger partial charge in [-0.3, -0.25) is 19.5 Å². The van der Waals surface area contributed by atoms with Gasteiger partial charge >= 0.3 is 0 Å². The van der Waals surface area contributed by atoms with Gasteiger partial charge in [0.05, 0.1) is 23.8 Å². The summed E-state index contributed by atoms with van der Waals surface area (Å²) >= 11 is 0. The summed E-state index contributed by atoms with van der Waals surface area (Å²) in [6.45, 7) is 0. The van der Waals surface area contributed by atoms with Crippen LogP contribution in [0.1, 0.15) is 54.2 Å². The number of hydrogen-bond donors (Lipinski definition) is 1. The van der Waals surface area contributed by atoms with Gasteiger partial charge in [0.25, 0.3) is 5.91 Å². The summed E-state index contributed by atoms with van der Waals surface area (Å²) in [6, 6.07) is 13.4. The van der Waals surface area contributed by atoms with E-state index in [0.717, 1.165) is 25.7 Å². The Bertz CT molecular complexity index is 992. The van der Waals surface area contributed by atoms with Gasteiger partial charge in [-0.2, -0.15) is 0 Å². The van der Waals surface area contributed by atoms with Crippen LogP contribution in [-0.4, -0.2) is 32.8 Å². The maximum absolute atomic E-state index is 13.6. The van der Waals surface area contributed by atoms with Crippen LogP contribution in [-0.2, 0) is 4.79 Å². The maximum Gasteiger partial charge on any atom is 0.259 e. The van der Waals surface area contributed by atoms with Gasteiger partial charge in [-0.25, -0.2) is 9.97 Å². The fraction of sp³-hybridized carbons (Fsp3) is 0.292. The van der Waals surface area contributed by atoms with Gasteiger partial charge in [0.2, 0.25) is 5.91 Å². The molecule has 1 fully saturated rings. The molecule has 0 spiro atoms. The molecule has 7 nitrogen and oxygen atoms in total. The molecule has 1 saturated carbocycles. The summed E-state index contributed by atoms with van der Waals surface area (Å²) in [6.07, 6.45) is 11.4. The van der Waals surface area contributed by atoms with Gasteiger partial charge in [-0.05, 0) is 37.1 Å². The van der Waals surface area contributed by atoms with Crippen LogP contribution in [0.25, 0.3) is 0 Å². The van der Waals surface area contributed by atoms with E-state index in [2.05, 4.69) is 20.3 Å². The Morgan fingerprint density at radius 3 is 2.32 bits per heavy atom. The minimum absolute atomic E-state index is 0.105. The highest BCUT2D eigenvalue weighted by atomic mass is 16.2. The number of rotatable bonds is 6. The monoisotopic (exact) mass is 415 g/mol. The van der Waals surface area contributed by atoms with Crippen LogP contribution in [0.2, 0.25) is 0 Å². The van der Waals surface area contributed by atoms with Crippen molar-refractivity contribution in [1.82, 2.24) is 20.3 Å². The number of carbonyl (C=O) groups is 2. The third kappa shape index (κ3) is 4.94. The summed E-state index contributed by atoms with van der Waals surface area (Å²) in [5, 5.41) is 3.16. The summed E-state index contributed by atoms with van der Waals surface area (Å²) in [5.74, 6) is -0.566. The number of amides is 2. The van der Waals surface area contributed by atoms with E-state index in [-0.39, 0.29) is 17.9 Å². The molecule has 2 heterocycles. The van der Waals surface area contributed by atoms with Crippen molar-refractivity contribution >= 4 is 17.5 Å². The molecule has 0 aliphatic heterocycles. The fourth-order valence-corrected chi connectivity index (χ4v) is 3.97. The number of aromatic nitrogens is 3. The van der Waals surface area contributed by atoms with Crippen LogP contribution < -0.4 is 10.2 Å². The molecule has 158 valence electrons. The first-order chi connectivity index (χ1) is 15.2. The number of nitrogens with zero attached hydrogens (tertiary/aromatic N) is 4. The first-order valence-electron chi connectivity index (χ1n) is 10.6. The molecule has 4 rings (SSSR count). The molecule has 2 amide bonds. The smallest absolute Gasteiger partial charge is 0.259 e. The average Bonchev–Trinajstić information content (AvgIpc) is 2.84. The highest BCUT2D eigenvalue weighted by molar-refractivity contribution is 6.09. The lowest BCUT2D eigenvalue weighted by Crippen LogP contribution is -2.47. The van der Waals surface area contributed by atoms with Gasteiger partial charge in [-0.1, -0.05) is 43.5 Å². The molecule has 3 aromatic rings. The van der Waals surface area contributed by atoms with E-state index in [1.807, 2.05) is 12.1 Å². The largest absolute Gasteiger partial charge is 0.351 e. The van der Waals surface area contributed by atoms with Crippen LogP contribution in [0.15, 0.2) is 73.4 Å². The number of pyridine rings is 1. The fourth-order valence-electron chi connectivity index (χ4n) is 3.97. The van der Waals surface area contributed by atoms with E-state index in [1.165, 1.54) is 30.0 Å². The predicted octanol–water partition coefficient (Wildman–Crippen LogP) is 3.71. The van der Waals surface area contributed by atoms with Crippen molar-refractivity contribution in [2.45, 2.75) is 44.2 Å². The molecular weight excluding hydrogens is 390 g/mol. The summed E-state index contributed by atoms with van der Waals surface area (Å²) < 4.78 is 0. The summed E-state index contributed by atoms with van der Waals surface area (Å²) in [7, 11) is 0. The second-order valence-corrected chi connectivity index (χ2v) is 7.64. The normalized spacial score (nSPS) is 15.1. The molecule has 1 unspecified atom stereocenters. The van der Waals surface area contributed by atoms with E-state index in [0.29, 0.717) is 16.9 Å². The Balaban J connectivity index is 1.76. The van der Waals surface area contributed by atoms with Crippen LogP contribution in [0.4, 0.5) is 5.69 Å². The molecule has 0 radical (unpaired) electrons. The number of hydrogen-bond acceptors (Lipinski definition) is 5. The molecular formula is C24H25N5O2. The van der Waals surface area contributed by atoms with E-state index >= 15 is 0 Å². The zero-order chi connectivity index (χ0) is 21.5. The Morgan fingerprint density at radius 1 is 0.935 bits per heavy atom. The van der Waals surface area contributed by atoms with E-state index in [9.17, 15) is 9.59 Å². The lowest BCUT2D eigenvalue weighted by molar-refractivity contribution is -0.123. The number of nitrogens with one attached hydrogen (secondary N) is 1. The Morgan fingerprint density at radius 2 is 1.65 bits per heavy atom. The molecule has 1 aliphatic rings. The number of carbonyl (C=O) groups excluding carboxylic acids is 2. The zero-order valence-corrected chi connectivity index (χ0v) is 17.2. The molecule has 1 aliphatic carbocycles. The molecule has 31 heavy (non-hydrogen) atoms. The van der Waals surface area contributed by atoms with E-state index < -0.39 is 6.04 Å². The highest BCUT2D eigenvalue weighted by Gasteiger charge is 2.35. The second-order valence-electron chi connectivity index (χ2n) is 7.64. The SMILES string of the molecule is O=C(NC1CCCCC1)C(c1ccccn1)N(C(=O)c1ccccc1)c1cncnc1. The summed E-state index contributed by atoms with van der Waals surface area (Å²) in [5.41, 5.74) is 1.40. The van der Waals surface area contributed by atoms with Crippen molar-refractivity contribution < 1.29 is 9.59 Å². The molecule has 1 atom stereocenters. The molecule has 0 saturated heterocycles. The molecule has 2 aromatic heterocycles. The van der Waals surface area contributed by atoms with Gasteiger partial charge < -0.3 is 5.32 Å². The van der Waals surface area contributed by atoms with Crippen LogP contribution in [0.5, 0.6) is 0 Å². The second kappa shape index (κ2) is 9.93. The van der Waals surface area contributed by atoms with Gasteiger partial charge in [0.1, 0.15) is 6.33 Å². The first kappa shape index (κ1) is 20.7. The van der Waals surface area contributed by atoms with Gasteiger partial charge in [0.15, 0.2) is 6.04 Å². The highest BCUT2D eigenvalue weighted by Crippen LogP contribution is 2.29. The molecule has 0 bridgehead atoms. The van der Waals surface area contributed by atoms with Gasteiger partial charge in [-0.15, -0.1) is 0 Å². The first-order valence-corrected chi connectivity index (χ1v) is 10.6.